The smallest absolute Gasteiger partial charge is 0.266 e. The molecule has 1 N–H and O–H groups in total. The van der Waals surface area contributed by atoms with Crippen LogP contribution in [0.1, 0.15) is 5.56 Å². The van der Waals surface area contributed by atoms with Gasteiger partial charge in [0.2, 0.25) is 0 Å². The standard InChI is InChI=1S/C14H18N4O2/c1-10-11(4-3-5-12(10)19)13-15-14(16-20-13)18-8-6-17(2)7-9-18/h3-5,19H,6-9H2,1-2H3. The van der Waals surface area contributed by atoms with Crippen LogP contribution in [0.3, 0.4) is 0 Å². The van der Waals surface area contributed by atoms with Gasteiger partial charge in [-0.1, -0.05) is 6.07 Å². The lowest BCUT2D eigenvalue weighted by Crippen LogP contribution is -2.44. The number of piperazine rings is 1. The first-order valence-corrected chi connectivity index (χ1v) is 6.71. The van der Waals surface area contributed by atoms with Crippen molar-refractivity contribution in [1.29, 1.82) is 0 Å². The summed E-state index contributed by atoms with van der Waals surface area (Å²) in [5, 5.41) is 13.8. The van der Waals surface area contributed by atoms with Crippen LogP contribution in [0.25, 0.3) is 11.5 Å². The third-order valence-electron chi connectivity index (χ3n) is 3.74. The average molecular weight is 274 g/mol. The Morgan fingerprint density at radius 2 is 1.95 bits per heavy atom. The fourth-order valence-electron chi connectivity index (χ4n) is 2.32. The maximum atomic E-state index is 9.74. The summed E-state index contributed by atoms with van der Waals surface area (Å²) < 4.78 is 5.34. The predicted octanol–water partition coefficient (Wildman–Crippen LogP) is 1.50. The molecule has 1 aliphatic heterocycles. The Labute approximate surface area is 117 Å². The van der Waals surface area contributed by atoms with Crippen LogP contribution >= 0.6 is 0 Å². The van der Waals surface area contributed by atoms with E-state index in [1.807, 2.05) is 13.0 Å². The van der Waals surface area contributed by atoms with Crippen molar-refractivity contribution < 1.29 is 9.63 Å². The SMILES string of the molecule is Cc1c(O)cccc1-c1nc(N2CCN(C)CC2)no1. The summed E-state index contributed by atoms with van der Waals surface area (Å²) in [5.41, 5.74) is 1.53. The molecule has 2 heterocycles. The van der Waals surface area contributed by atoms with Gasteiger partial charge in [0.05, 0.1) is 0 Å². The third kappa shape index (κ3) is 2.34. The Balaban J connectivity index is 1.85. The van der Waals surface area contributed by atoms with Crippen molar-refractivity contribution >= 4 is 5.95 Å². The number of aromatic hydroxyl groups is 1. The van der Waals surface area contributed by atoms with E-state index in [4.69, 9.17) is 4.52 Å². The van der Waals surface area contributed by atoms with Crippen molar-refractivity contribution in [2.75, 3.05) is 38.1 Å². The highest BCUT2D eigenvalue weighted by Gasteiger charge is 2.20. The zero-order valence-electron chi connectivity index (χ0n) is 11.7. The molecular formula is C14H18N4O2. The van der Waals surface area contributed by atoms with Crippen molar-refractivity contribution in [3.8, 4) is 17.2 Å². The molecule has 1 fully saturated rings. The predicted molar refractivity (Wildman–Crippen MR) is 75.8 cm³/mol. The topological polar surface area (TPSA) is 65.6 Å². The molecule has 0 atom stereocenters. The summed E-state index contributed by atoms with van der Waals surface area (Å²) in [4.78, 5) is 8.84. The van der Waals surface area contributed by atoms with Gasteiger partial charge >= 0.3 is 0 Å². The Hall–Kier alpha value is -2.08. The molecule has 1 aromatic carbocycles. The first-order chi connectivity index (χ1) is 9.65. The molecule has 0 bridgehead atoms. The van der Waals surface area contributed by atoms with E-state index in [0.29, 0.717) is 11.8 Å². The summed E-state index contributed by atoms with van der Waals surface area (Å²) in [5.74, 6) is 1.31. The van der Waals surface area contributed by atoms with Gasteiger partial charge in [0.1, 0.15) is 5.75 Å². The maximum Gasteiger partial charge on any atom is 0.266 e. The van der Waals surface area contributed by atoms with Crippen molar-refractivity contribution in [3.05, 3.63) is 23.8 Å². The number of likely N-dealkylation sites (N-methyl/N-ethyl adjacent to an activating group) is 1. The third-order valence-corrected chi connectivity index (χ3v) is 3.74. The maximum absolute atomic E-state index is 9.74. The van der Waals surface area contributed by atoms with Gasteiger partial charge in [0, 0.05) is 37.3 Å². The van der Waals surface area contributed by atoms with Crippen LogP contribution in [-0.4, -0.2) is 53.4 Å². The second-order valence-electron chi connectivity index (χ2n) is 5.14. The van der Waals surface area contributed by atoms with E-state index in [1.54, 1.807) is 12.1 Å². The van der Waals surface area contributed by atoms with E-state index in [9.17, 15) is 5.11 Å². The molecule has 2 aromatic rings. The van der Waals surface area contributed by atoms with E-state index in [-0.39, 0.29) is 5.75 Å². The van der Waals surface area contributed by atoms with Gasteiger partial charge in [-0.3, -0.25) is 0 Å². The Bertz CT molecular complexity index is 603. The molecule has 0 amide bonds. The van der Waals surface area contributed by atoms with Gasteiger partial charge in [-0.25, -0.2) is 0 Å². The van der Waals surface area contributed by atoms with Gasteiger partial charge in [0.15, 0.2) is 0 Å². The summed E-state index contributed by atoms with van der Waals surface area (Å²) in [7, 11) is 2.11. The molecule has 0 spiro atoms. The van der Waals surface area contributed by atoms with Crippen molar-refractivity contribution in [2.24, 2.45) is 0 Å². The lowest BCUT2D eigenvalue weighted by molar-refractivity contribution is 0.309. The van der Waals surface area contributed by atoms with Gasteiger partial charge in [-0.2, -0.15) is 4.98 Å². The number of rotatable bonds is 2. The molecule has 0 saturated carbocycles. The lowest BCUT2D eigenvalue weighted by atomic mass is 10.1. The molecule has 1 saturated heterocycles. The number of anilines is 1. The second-order valence-corrected chi connectivity index (χ2v) is 5.14. The number of hydrogen-bond acceptors (Lipinski definition) is 6. The summed E-state index contributed by atoms with van der Waals surface area (Å²) in [6.45, 7) is 5.62. The number of phenols is 1. The van der Waals surface area contributed by atoms with Crippen LogP contribution in [0.5, 0.6) is 5.75 Å². The zero-order valence-corrected chi connectivity index (χ0v) is 11.7. The molecule has 0 aliphatic carbocycles. The molecule has 0 radical (unpaired) electrons. The molecular weight excluding hydrogens is 256 g/mol. The molecule has 3 rings (SSSR count). The van der Waals surface area contributed by atoms with Crippen molar-refractivity contribution in [2.45, 2.75) is 6.92 Å². The van der Waals surface area contributed by atoms with Crippen LogP contribution in [0.15, 0.2) is 22.7 Å². The fraction of sp³-hybridized carbons (Fsp3) is 0.429. The number of hydrogen-bond donors (Lipinski definition) is 1. The molecule has 106 valence electrons. The number of aromatic nitrogens is 2. The van der Waals surface area contributed by atoms with E-state index < -0.39 is 0 Å². The monoisotopic (exact) mass is 274 g/mol. The lowest BCUT2D eigenvalue weighted by Gasteiger charge is -2.31. The van der Waals surface area contributed by atoms with Crippen molar-refractivity contribution in [1.82, 2.24) is 15.0 Å². The number of phenolic OH excluding ortho intramolecular Hbond substituents is 1. The highest BCUT2D eigenvalue weighted by Crippen LogP contribution is 2.29. The average Bonchev–Trinajstić information content (AvgIpc) is 2.92. The summed E-state index contributed by atoms with van der Waals surface area (Å²) in [6, 6.07) is 5.30. The van der Waals surface area contributed by atoms with Crippen LogP contribution in [0.4, 0.5) is 5.95 Å². The largest absolute Gasteiger partial charge is 0.508 e. The molecule has 1 aliphatic rings. The zero-order chi connectivity index (χ0) is 14.1. The summed E-state index contributed by atoms with van der Waals surface area (Å²) >= 11 is 0. The quantitative estimate of drug-likeness (QED) is 0.895. The minimum Gasteiger partial charge on any atom is -0.508 e. The van der Waals surface area contributed by atoms with Crippen LogP contribution in [0.2, 0.25) is 0 Å². The van der Waals surface area contributed by atoms with Gasteiger partial charge < -0.3 is 19.4 Å². The number of benzene rings is 1. The Morgan fingerprint density at radius 3 is 2.70 bits per heavy atom. The van der Waals surface area contributed by atoms with E-state index in [0.717, 1.165) is 37.3 Å². The van der Waals surface area contributed by atoms with Crippen LogP contribution in [0, 0.1) is 6.92 Å². The minimum atomic E-state index is 0.238. The Kier molecular flexibility index (Phi) is 3.31. The van der Waals surface area contributed by atoms with Crippen molar-refractivity contribution in [3.63, 3.8) is 0 Å². The highest BCUT2D eigenvalue weighted by atomic mass is 16.5. The first-order valence-electron chi connectivity index (χ1n) is 6.71. The minimum absolute atomic E-state index is 0.238. The second kappa shape index (κ2) is 5.13. The number of nitrogens with zero attached hydrogens (tertiary/aromatic N) is 4. The molecule has 6 heteroatoms. The van der Waals surface area contributed by atoms with Gasteiger partial charge in [-0.05, 0) is 31.3 Å². The summed E-state index contributed by atoms with van der Waals surface area (Å²) in [6.07, 6.45) is 0. The molecule has 20 heavy (non-hydrogen) atoms. The van der Waals surface area contributed by atoms with E-state index in [1.165, 1.54) is 0 Å². The highest BCUT2D eigenvalue weighted by molar-refractivity contribution is 5.62. The normalized spacial score (nSPS) is 16.6. The first kappa shape index (κ1) is 12.9. The molecule has 6 nitrogen and oxygen atoms in total. The van der Waals surface area contributed by atoms with E-state index in [2.05, 4.69) is 27.0 Å². The van der Waals surface area contributed by atoms with Crippen LogP contribution < -0.4 is 4.90 Å². The molecule has 1 aromatic heterocycles. The molecule has 0 unspecified atom stereocenters. The van der Waals surface area contributed by atoms with Gasteiger partial charge in [0.25, 0.3) is 11.8 Å². The van der Waals surface area contributed by atoms with Gasteiger partial charge in [-0.15, -0.1) is 0 Å². The van der Waals surface area contributed by atoms with Crippen LogP contribution in [-0.2, 0) is 0 Å². The van der Waals surface area contributed by atoms with E-state index >= 15 is 0 Å². The Morgan fingerprint density at radius 1 is 1.20 bits per heavy atom. The fourth-order valence-corrected chi connectivity index (χ4v) is 2.32.